The largest absolute Gasteiger partial charge is 0.323 e. The minimum absolute atomic E-state index is 0.0449. The first-order chi connectivity index (χ1) is 7.50. The molecule has 5 heteroatoms. The summed E-state index contributed by atoms with van der Waals surface area (Å²) in [5.41, 5.74) is 9.14. The first kappa shape index (κ1) is 11.3. The highest BCUT2D eigenvalue weighted by molar-refractivity contribution is 7.15. The Balaban J connectivity index is 2.50. The monoisotopic (exact) mass is 236 g/mol. The van der Waals surface area contributed by atoms with Crippen LogP contribution in [0.2, 0.25) is 0 Å². The Labute approximate surface area is 99.1 Å². The van der Waals surface area contributed by atoms with Crippen molar-refractivity contribution in [3.63, 3.8) is 0 Å². The zero-order chi connectivity index (χ0) is 11.9. The maximum atomic E-state index is 5.84. The molecule has 0 saturated carbocycles. The van der Waals surface area contributed by atoms with E-state index >= 15 is 0 Å². The Morgan fingerprint density at radius 1 is 1.44 bits per heavy atom. The average molecular weight is 236 g/mol. The topological polar surface area (TPSA) is 56.7 Å². The minimum atomic E-state index is 0.0449. The highest BCUT2D eigenvalue weighted by Gasteiger charge is 2.15. The molecule has 2 N–H and O–H groups in total. The first-order valence-corrected chi connectivity index (χ1v) is 6.04. The summed E-state index contributed by atoms with van der Waals surface area (Å²) in [5, 5.41) is 5.40. The lowest BCUT2D eigenvalue weighted by atomic mass is 10.2. The fourth-order valence-corrected chi connectivity index (χ4v) is 2.71. The van der Waals surface area contributed by atoms with Crippen LogP contribution in [0.3, 0.4) is 0 Å². The maximum Gasteiger partial charge on any atom is 0.127 e. The molecule has 2 rings (SSSR count). The molecule has 16 heavy (non-hydrogen) atoms. The fraction of sp³-hybridized carbons (Fsp3) is 0.455. The molecule has 1 atom stereocenters. The Hall–Kier alpha value is -1.20. The van der Waals surface area contributed by atoms with Crippen molar-refractivity contribution >= 4 is 11.3 Å². The predicted octanol–water partition coefficient (Wildman–Crippen LogP) is 2.18. The number of hydrogen-bond donors (Lipinski definition) is 1. The second-order valence-corrected chi connectivity index (χ2v) is 5.09. The van der Waals surface area contributed by atoms with Crippen molar-refractivity contribution in [1.29, 1.82) is 0 Å². The quantitative estimate of drug-likeness (QED) is 0.869. The van der Waals surface area contributed by atoms with Gasteiger partial charge in [-0.25, -0.2) is 4.98 Å². The maximum absolute atomic E-state index is 5.84. The van der Waals surface area contributed by atoms with Gasteiger partial charge in [0.15, 0.2) is 0 Å². The molecule has 0 bridgehead atoms. The van der Waals surface area contributed by atoms with Gasteiger partial charge >= 0.3 is 0 Å². The van der Waals surface area contributed by atoms with E-state index in [0.717, 1.165) is 26.8 Å². The highest BCUT2D eigenvalue weighted by Crippen LogP contribution is 2.31. The molecule has 2 aromatic rings. The van der Waals surface area contributed by atoms with Gasteiger partial charge in [0.1, 0.15) is 5.01 Å². The van der Waals surface area contributed by atoms with Crippen molar-refractivity contribution in [2.45, 2.75) is 26.8 Å². The molecule has 2 heterocycles. The molecule has 1 unspecified atom stereocenters. The number of rotatable bonds is 2. The number of hydrogen-bond acceptors (Lipinski definition) is 4. The molecule has 0 spiro atoms. The number of nitrogens with zero attached hydrogens (tertiary/aromatic N) is 3. The minimum Gasteiger partial charge on any atom is -0.323 e. The van der Waals surface area contributed by atoms with Crippen molar-refractivity contribution in [1.82, 2.24) is 14.8 Å². The molecule has 0 saturated heterocycles. The summed E-state index contributed by atoms with van der Waals surface area (Å²) in [5.74, 6) is 0. The fourth-order valence-electron chi connectivity index (χ4n) is 1.70. The van der Waals surface area contributed by atoms with Crippen molar-refractivity contribution < 1.29 is 0 Å². The van der Waals surface area contributed by atoms with Crippen LogP contribution in [0, 0.1) is 13.8 Å². The van der Waals surface area contributed by atoms with Gasteiger partial charge < -0.3 is 5.73 Å². The lowest BCUT2D eigenvalue weighted by Gasteiger charge is -1.98. The number of aryl methyl sites for hydroxylation is 2. The van der Waals surface area contributed by atoms with Crippen molar-refractivity contribution in [2.24, 2.45) is 12.8 Å². The lowest BCUT2D eigenvalue weighted by molar-refractivity contribution is 0.731. The van der Waals surface area contributed by atoms with Crippen LogP contribution in [-0.2, 0) is 7.05 Å². The summed E-state index contributed by atoms with van der Waals surface area (Å²) in [6, 6.07) is 0.0449. The van der Waals surface area contributed by atoms with E-state index in [9.17, 15) is 0 Å². The van der Waals surface area contributed by atoms with Crippen LogP contribution >= 0.6 is 11.3 Å². The van der Waals surface area contributed by atoms with E-state index in [-0.39, 0.29) is 6.04 Å². The molecule has 0 aliphatic carbocycles. The summed E-state index contributed by atoms with van der Waals surface area (Å²) in [4.78, 5) is 5.54. The van der Waals surface area contributed by atoms with Gasteiger partial charge in [0, 0.05) is 29.9 Å². The molecule has 0 radical (unpaired) electrons. The van der Waals surface area contributed by atoms with Gasteiger partial charge in [-0.05, 0) is 20.8 Å². The molecule has 0 amide bonds. The van der Waals surface area contributed by atoms with Gasteiger partial charge in [-0.1, -0.05) is 0 Å². The van der Waals surface area contributed by atoms with E-state index in [0.29, 0.717) is 0 Å². The summed E-state index contributed by atoms with van der Waals surface area (Å²) in [6.45, 7) is 6.04. The summed E-state index contributed by atoms with van der Waals surface area (Å²) in [7, 11) is 1.95. The smallest absolute Gasteiger partial charge is 0.127 e. The standard InChI is InChI=1S/C11H16N4S/c1-6(12)9-5-13-11(16-9)10-7(2)14-15(4)8(10)3/h5-6H,12H2,1-4H3. The zero-order valence-electron chi connectivity index (χ0n) is 9.98. The molecule has 4 nitrogen and oxygen atoms in total. The Kier molecular flexibility index (Phi) is 2.82. The lowest BCUT2D eigenvalue weighted by Crippen LogP contribution is -2.01. The Morgan fingerprint density at radius 2 is 2.12 bits per heavy atom. The SMILES string of the molecule is Cc1nn(C)c(C)c1-c1ncc(C(C)N)s1. The normalized spacial score (nSPS) is 13.1. The van der Waals surface area contributed by atoms with E-state index in [4.69, 9.17) is 5.73 Å². The number of aromatic nitrogens is 3. The van der Waals surface area contributed by atoms with E-state index in [1.54, 1.807) is 11.3 Å². The second-order valence-electron chi connectivity index (χ2n) is 4.03. The Bertz CT molecular complexity index is 510. The molecule has 86 valence electrons. The van der Waals surface area contributed by atoms with Gasteiger partial charge in [-0.3, -0.25) is 4.68 Å². The van der Waals surface area contributed by atoms with Gasteiger partial charge in [-0.2, -0.15) is 5.10 Å². The molecule has 2 aromatic heterocycles. The molecule has 0 fully saturated rings. The zero-order valence-corrected chi connectivity index (χ0v) is 10.8. The van der Waals surface area contributed by atoms with Crippen LogP contribution in [0.4, 0.5) is 0 Å². The molecule has 0 aromatic carbocycles. The predicted molar refractivity (Wildman–Crippen MR) is 66.4 cm³/mol. The van der Waals surface area contributed by atoms with Crippen LogP contribution in [-0.4, -0.2) is 14.8 Å². The van der Waals surface area contributed by atoms with Gasteiger partial charge in [0.2, 0.25) is 0 Å². The second kappa shape index (κ2) is 3.99. The summed E-state index contributed by atoms with van der Waals surface area (Å²) in [6.07, 6.45) is 1.86. The Morgan fingerprint density at radius 3 is 2.56 bits per heavy atom. The molecular weight excluding hydrogens is 220 g/mol. The van der Waals surface area contributed by atoms with E-state index in [2.05, 4.69) is 17.0 Å². The van der Waals surface area contributed by atoms with Gasteiger partial charge in [-0.15, -0.1) is 11.3 Å². The van der Waals surface area contributed by atoms with E-state index in [1.165, 1.54) is 0 Å². The first-order valence-electron chi connectivity index (χ1n) is 5.22. The van der Waals surface area contributed by atoms with Gasteiger partial charge in [0.05, 0.1) is 11.3 Å². The molecule has 0 aliphatic rings. The molecular formula is C11H16N4S. The third-order valence-electron chi connectivity index (χ3n) is 2.70. The molecule has 0 aliphatic heterocycles. The summed E-state index contributed by atoms with van der Waals surface area (Å²) >= 11 is 1.65. The van der Waals surface area contributed by atoms with Crippen LogP contribution in [0.5, 0.6) is 0 Å². The average Bonchev–Trinajstić information content (AvgIpc) is 2.74. The van der Waals surface area contributed by atoms with Crippen molar-refractivity contribution in [2.75, 3.05) is 0 Å². The van der Waals surface area contributed by atoms with Crippen molar-refractivity contribution in [3.8, 4) is 10.6 Å². The highest BCUT2D eigenvalue weighted by atomic mass is 32.1. The number of thiazole rings is 1. The summed E-state index contributed by atoms with van der Waals surface area (Å²) < 4.78 is 1.89. The van der Waals surface area contributed by atoms with Crippen LogP contribution in [0.1, 0.15) is 29.2 Å². The van der Waals surface area contributed by atoms with Crippen molar-refractivity contribution in [3.05, 3.63) is 22.5 Å². The van der Waals surface area contributed by atoms with Crippen LogP contribution in [0.15, 0.2) is 6.20 Å². The number of nitrogens with two attached hydrogens (primary N) is 1. The third kappa shape index (κ3) is 1.76. The van der Waals surface area contributed by atoms with Crippen LogP contribution in [0.25, 0.3) is 10.6 Å². The van der Waals surface area contributed by atoms with E-state index in [1.807, 2.05) is 31.8 Å². The van der Waals surface area contributed by atoms with Crippen LogP contribution < -0.4 is 5.73 Å². The van der Waals surface area contributed by atoms with E-state index < -0.39 is 0 Å². The third-order valence-corrected chi connectivity index (χ3v) is 3.91. The van der Waals surface area contributed by atoms with Gasteiger partial charge in [0.25, 0.3) is 0 Å².